The Balaban J connectivity index is 2.06. The van der Waals surface area contributed by atoms with Gasteiger partial charge in [-0.1, -0.05) is 0 Å². The van der Waals surface area contributed by atoms with Gasteiger partial charge in [0.25, 0.3) is 0 Å². The molecule has 16 heavy (non-hydrogen) atoms. The maximum atomic E-state index is 13.5. The first kappa shape index (κ1) is 10.1. The molecule has 1 aliphatic heterocycles. The number of hydrogen-bond acceptors (Lipinski definition) is 3. The number of fused-ring (bicyclic) bond motifs is 1. The summed E-state index contributed by atoms with van der Waals surface area (Å²) in [5.74, 6) is 2.82. The van der Waals surface area contributed by atoms with E-state index in [0.717, 1.165) is 23.9 Å². The lowest BCUT2D eigenvalue weighted by Gasteiger charge is -2.22. The van der Waals surface area contributed by atoms with Gasteiger partial charge in [0.05, 0.1) is 12.2 Å². The van der Waals surface area contributed by atoms with E-state index in [1.807, 2.05) is 22.4 Å². The number of imidazole rings is 1. The van der Waals surface area contributed by atoms with Crippen molar-refractivity contribution in [1.29, 1.82) is 0 Å². The second-order valence-electron chi connectivity index (χ2n) is 3.81. The summed E-state index contributed by atoms with van der Waals surface area (Å²) in [6, 6.07) is 3.40. The molecule has 5 heteroatoms. The lowest BCUT2D eigenvalue weighted by atomic mass is 10.3. The third kappa shape index (κ3) is 1.60. The minimum Gasteiger partial charge on any atom is -0.306 e. The maximum absolute atomic E-state index is 13.5. The van der Waals surface area contributed by atoms with E-state index in [1.54, 1.807) is 12.3 Å². The fourth-order valence-corrected chi connectivity index (χ4v) is 2.93. The van der Waals surface area contributed by atoms with E-state index in [4.69, 9.17) is 0 Å². The number of aromatic nitrogens is 2. The van der Waals surface area contributed by atoms with E-state index in [1.165, 1.54) is 6.07 Å². The number of nitrogens with zero attached hydrogens (tertiary/aromatic N) is 2. The van der Waals surface area contributed by atoms with Crippen molar-refractivity contribution in [3.63, 3.8) is 0 Å². The molecule has 84 valence electrons. The van der Waals surface area contributed by atoms with E-state index < -0.39 is 0 Å². The van der Waals surface area contributed by atoms with Crippen LogP contribution < -0.4 is 5.32 Å². The molecule has 3 heterocycles. The van der Waals surface area contributed by atoms with E-state index in [-0.39, 0.29) is 11.9 Å². The van der Waals surface area contributed by atoms with Crippen LogP contribution in [0.2, 0.25) is 0 Å². The zero-order valence-electron chi connectivity index (χ0n) is 8.69. The van der Waals surface area contributed by atoms with Crippen LogP contribution in [0.4, 0.5) is 4.39 Å². The normalized spacial score (nSPS) is 21.4. The lowest BCUT2D eigenvalue weighted by Crippen LogP contribution is -2.31. The van der Waals surface area contributed by atoms with Crippen LogP contribution in [0.5, 0.6) is 0 Å². The standard InChI is InChI=1S/C11H12FN3S/c12-8-2-1-4-15-10(8)6-14-11(15)9-7-16-5-3-13-9/h1-2,4,6,9,13H,3,5,7H2. The number of rotatable bonds is 1. The molecule has 0 amide bonds. The van der Waals surface area contributed by atoms with Gasteiger partial charge in [-0.3, -0.25) is 4.40 Å². The lowest BCUT2D eigenvalue weighted by molar-refractivity contribution is 0.560. The third-order valence-corrected chi connectivity index (χ3v) is 3.84. The van der Waals surface area contributed by atoms with Gasteiger partial charge in [-0.15, -0.1) is 0 Å². The van der Waals surface area contributed by atoms with Gasteiger partial charge in [-0.25, -0.2) is 9.37 Å². The summed E-state index contributed by atoms with van der Waals surface area (Å²) in [7, 11) is 0. The number of nitrogens with one attached hydrogen (secondary N) is 1. The monoisotopic (exact) mass is 237 g/mol. The molecule has 2 aromatic rings. The number of pyridine rings is 1. The van der Waals surface area contributed by atoms with Gasteiger partial charge < -0.3 is 5.32 Å². The molecule has 0 bridgehead atoms. The van der Waals surface area contributed by atoms with Crippen LogP contribution in [0.1, 0.15) is 11.9 Å². The molecule has 1 unspecified atom stereocenters. The SMILES string of the molecule is Fc1cccn2c(C3CSCCN3)ncc12. The van der Waals surface area contributed by atoms with Crippen LogP contribution in [0.3, 0.4) is 0 Å². The third-order valence-electron chi connectivity index (χ3n) is 2.78. The topological polar surface area (TPSA) is 29.3 Å². The second kappa shape index (κ2) is 4.07. The Bertz CT molecular complexity index is 505. The van der Waals surface area contributed by atoms with Gasteiger partial charge in [0.1, 0.15) is 17.2 Å². The molecule has 0 saturated carbocycles. The molecule has 1 N–H and O–H groups in total. The molecule has 0 aromatic carbocycles. The summed E-state index contributed by atoms with van der Waals surface area (Å²) in [5, 5.41) is 3.41. The van der Waals surface area contributed by atoms with Gasteiger partial charge in [0, 0.05) is 24.2 Å². The highest BCUT2D eigenvalue weighted by molar-refractivity contribution is 7.99. The summed E-state index contributed by atoms with van der Waals surface area (Å²) in [5.41, 5.74) is 0.551. The maximum Gasteiger partial charge on any atom is 0.148 e. The van der Waals surface area contributed by atoms with Crippen LogP contribution in [-0.4, -0.2) is 27.4 Å². The Morgan fingerprint density at radius 2 is 2.50 bits per heavy atom. The van der Waals surface area contributed by atoms with Gasteiger partial charge in [0.15, 0.2) is 0 Å². The predicted molar refractivity (Wildman–Crippen MR) is 63.2 cm³/mol. The first-order valence-electron chi connectivity index (χ1n) is 5.29. The van der Waals surface area contributed by atoms with E-state index >= 15 is 0 Å². The Hall–Kier alpha value is -1.07. The molecule has 0 spiro atoms. The van der Waals surface area contributed by atoms with Gasteiger partial charge in [-0.05, 0) is 12.1 Å². The minimum absolute atomic E-state index is 0.218. The first-order valence-corrected chi connectivity index (χ1v) is 6.44. The summed E-state index contributed by atoms with van der Waals surface area (Å²) >= 11 is 1.90. The van der Waals surface area contributed by atoms with Crippen molar-refractivity contribution >= 4 is 17.3 Å². The Labute approximate surface area is 97.1 Å². The van der Waals surface area contributed by atoms with Crippen LogP contribution in [0.15, 0.2) is 24.5 Å². The minimum atomic E-state index is -0.218. The summed E-state index contributed by atoms with van der Waals surface area (Å²) < 4.78 is 15.3. The quantitative estimate of drug-likeness (QED) is 0.820. The van der Waals surface area contributed by atoms with Crippen LogP contribution in [0, 0.1) is 5.82 Å². The van der Waals surface area contributed by atoms with E-state index in [9.17, 15) is 4.39 Å². The van der Waals surface area contributed by atoms with Gasteiger partial charge in [0.2, 0.25) is 0 Å². The summed E-state index contributed by atoms with van der Waals surface area (Å²) in [6.45, 7) is 0.986. The molecule has 1 saturated heterocycles. The number of halogens is 1. The number of hydrogen-bond donors (Lipinski definition) is 1. The zero-order valence-corrected chi connectivity index (χ0v) is 9.51. The molecule has 3 nitrogen and oxygen atoms in total. The van der Waals surface area contributed by atoms with Crippen molar-refractivity contribution in [2.75, 3.05) is 18.1 Å². The largest absolute Gasteiger partial charge is 0.306 e. The molecule has 0 radical (unpaired) electrons. The fourth-order valence-electron chi connectivity index (χ4n) is 2.00. The summed E-state index contributed by atoms with van der Waals surface area (Å²) in [6.07, 6.45) is 3.47. The zero-order chi connectivity index (χ0) is 11.0. The Morgan fingerprint density at radius 3 is 3.31 bits per heavy atom. The van der Waals surface area contributed by atoms with Crippen LogP contribution >= 0.6 is 11.8 Å². The average Bonchev–Trinajstić information content (AvgIpc) is 2.75. The Morgan fingerprint density at radius 1 is 1.56 bits per heavy atom. The first-order chi connectivity index (χ1) is 7.86. The van der Waals surface area contributed by atoms with Crippen LogP contribution in [0.25, 0.3) is 5.52 Å². The second-order valence-corrected chi connectivity index (χ2v) is 4.96. The highest BCUT2D eigenvalue weighted by atomic mass is 32.2. The average molecular weight is 237 g/mol. The van der Waals surface area contributed by atoms with Crippen molar-refractivity contribution in [1.82, 2.24) is 14.7 Å². The van der Waals surface area contributed by atoms with Crippen molar-refractivity contribution < 1.29 is 4.39 Å². The number of thioether (sulfide) groups is 1. The van der Waals surface area contributed by atoms with Crippen molar-refractivity contribution in [3.05, 3.63) is 36.2 Å². The Kier molecular flexibility index (Phi) is 2.57. The predicted octanol–water partition coefficient (Wildman–Crippen LogP) is 1.85. The smallest absolute Gasteiger partial charge is 0.148 e. The highest BCUT2D eigenvalue weighted by Crippen LogP contribution is 2.22. The molecule has 1 aliphatic rings. The molecule has 1 fully saturated rings. The molecule has 2 aromatic heterocycles. The van der Waals surface area contributed by atoms with E-state index in [0.29, 0.717) is 5.52 Å². The molecular formula is C11H12FN3S. The van der Waals surface area contributed by atoms with Gasteiger partial charge in [-0.2, -0.15) is 11.8 Å². The van der Waals surface area contributed by atoms with Crippen molar-refractivity contribution in [2.45, 2.75) is 6.04 Å². The van der Waals surface area contributed by atoms with E-state index in [2.05, 4.69) is 10.3 Å². The van der Waals surface area contributed by atoms with Gasteiger partial charge >= 0.3 is 0 Å². The molecule has 3 rings (SSSR count). The fraction of sp³-hybridized carbons (Fsp3) is 0.364. The highest BCUT2D eigenvalue weighted by Gasteiger charge is 2.20. The summed E-state index contributed by atoms with van der Waals surface area (Å²) in [4.78, 5) is 4.33. The molecule has 1 atom stereocenters. The van der Waals surface area contributed by atoms with Crippen LogP contribution in [-0.2, 0) is 0 Å². The van der Waals surface area contributed by atoms with Crippen molar-refractivity contribution in [3.8, 4) is 0 Å². The molecule has 0 aliphatic carbocycles. The molecular weight excluding hydrogens is 225 g/mol. The van der Waals surface area contributed by atoms with Crippen molar-refractivity contribution in [2.24, 2.45) is 0 Å².